The lowest BCUT2D eigenvalue weighted by Crippen LogP contribution is -2.19. The molecule has 0 amide bonds. The molecule has 2 nitrogen and oxygen atoms in total. The number of hydrogen-bond acceptors (Lipinski definition) is 2. The molecule has 0 atom stereocenters. The first kappa shape index (κ1) is 13.9. The van der Waals surface area contributed by atoms with Crippen LogP contribution in [0, 0.1) is 5.95 Å². The minimum absolute atomic E-state index is 0.234. The maximum Gasteiger partial charge on any atom is 0.573 e. The van der Waals surface area contributed by atoms with Crippen molar-refractivity contribution in [1.82, 2.24) is 4.98 Å². The Kier molecular flexibility index (Phi) is 4.07. The Morgan fingerprint density at radius 3 is 2.35 bits per heavy atom. The largest absolute Gasteiger partial charge is 0.573 e. The first-order valence-corrected chi connectivity index (χ1v) is 4.57. The van der Waals surface area contributed by atoms with E-state index >= 15 is 0 Å². The van der Waals surface area contributed by atoms with Crippen LogP contribution in [0.2, 0.25) is 0 Å². The van der Waals surface area contributed by atoms with Crippen LogP contribution in [0.3, 0.4) is 0 Å². The van der Waals surface area contributed by atoms with Gasteiger partial charge >= 0.3 is 6.36 Å². The number of pyridine rings is 1. The van der Waals surface area contributed by atoms with Gasteiger partial charge in [0, 0.05) is 0 Å². The lowest BCUT2D eigenvalue weighted by Gasteiger charge is -2.13. The average Bonchev–Trinajstić information content (AvgIpc) is 2.17. The zero-order valence-electron chi connectivity index (χ0n) is 7.86. The summed E-state index contributed by atoms with van der Waals surface area (Å²) in [6, 6.07) is 0.234. The molecule has 96 valence electrons. The summed E-state index contributed by atoms with van der Waals surface area (Å²) in [5.41, 5.74) is -1.89. The fraction of sp³-hybridized carbons (Fsp3) is 0.375. The van der Waals surface area contributed by atoms with Crippen LogP contribution in [0.4, 0.5) is 26.3 Å². The zero-order chi connectivity index (χ0) is 13.2. The van der Waals surface area contributed by atoms with Gasteiger partial charge in [-0.3, -0.25) is 0 Å². The molecule has 9 heteroatoms. The van der Waals surface area contributed by atoms with Crippen molar-refractivity contribution < 1.29 is 31.1 Å². The van der Waals surface area contributed by atoms with Gasteiger partial charge in [-0.1, -0.05) is 0 Å². The number of alkyl halides is 6. The van der Waals surface area contributed by atoms with E-state index in [-0.39, 0.29) is 6.07 Å². The summed E-state index contributed by atoms with van der Waals surface area (Å²) in [6.45, 7) is 0. The Labute approximate surface area is 96.2 Å². The average molecular weight is 280 g/mol. The zero-order valence-corrected chi connectivity index (χ0v) is 8.62. The molecule has 0 fully saturated rings. The van der Waals surface area contributed by atoms with Crippen molar-refractivity contribution in [2.24, 2.45) is 0 Å². The number of nitrogens with zero attached hydrogens (tertiary/aromatic N) is 1. The van der Waals surface area contributed by atoms with Crippen molar-refractivity contribution in [2.45, 2.75) is 18.7 Å². The fourth-order valence-electron chi connectivity index (χ4n) is 0.984. The summed E-state index contributed by atoms with van der Waals surface area (Å²) >= 11 is 5.20. The molecular formula is C8H4ClF6NO. The van der Waals surface area contributed by atoms with E-state index in [1.54, 1.807) is 0 Å². The predicted octanol–water partition coefficient (Wildman–Crippen LogP) is 3.80. The molecule has 0 aliphatic heterocycles. The predicted molar refractivity (Wildman–Crippen MR) is 45.4 cm³/mol. The van der Waals surface area contributed by atoms with Crippen LogP contribution < -0.4 is 4.74 Å². The first-order valence-electron chi connectivity index (χ1n) is 4.03. The normalized spacial score (nSPS) is 12.0. The standard InChI is InChI=1S/C8H4ClF6NO/c9-2-4-5(17-8(13,14)15)1-3(6(10)11)7(12)16-4/h1,6H,2H2. The molecule has 1 rings (SSSR count). The monoisotopic (exact) mass is 279 g/mol. The summed E-state index contributed by atoms with van der Waals surface area (Å²) in [4.78, 5) is 2.89. The highest BCUT2D eigenvalue weighted by molar-refractivity contribution is 6.17. The van der Waals surface area contributed by atoms with Gasteiger partial charge in [-0.15, -0.1) is 24.8 Å². The number of ether oxygens (including phenoxy) is 1. The maximum absolute atomic E-state index is 12.9. The van der Waals surface area contributed by atoms with E-state index in [0.717, 1.165) is 0 Å². The lowest BCUT2D eigenvalue weighted by atomic mass is 10.2. The van der Waals surface area contributed by atoms with Gasteiger partial charge in [0.2, 0.25) is 5.95 Å². The molecule has 1 aromatic heterocycles. The SMILES string of the molecule is Fc1nc(CCl)c(OC(F)(F)F)cc1C(F)F. The molecule has 0 aliphatic carbocycles. The highest BCUT2D eigenvalue weighted by Crippen LogP contribution is 2.31. The number of rotatable bonds is 3. The van der Waals surface area contributed by atoms with Crippen molar-refractivity contribution in [3.63, 3.8) is 0 Å². The smallest absolute Gasteiger partial charge is 0.404 e. The molecule has 17 heavy (non-hydrogen) atoms. The quantitative estimate of drug-likeness (QED) is 0.477. The molecule has 0 saturated carbocycles. The third-order valence-corrected chi connectivity index (χ3v) is 1.88. The molecule has 0 unspecified atom stereocenters. The van der Waals surface area contributed by atoms with E-state index in [1.165, 1.54) is 0 Å². The van der Waals surface area contributed by atoms with Gasteiger partial charge < -0.3 is 4.74 Å². The second kappa shape index (κ2) is 4.99. The van der Waals surface area contributed by atoms with E-state index in [1.807, 2.05) is 0 Å². The van der Waals surface area contributed by atoms with Crippen LogP contribution in [-0.4, -0.2) is 11.3 Å². The van der Waals surface area contributed by atoms with Gasteiger partial charge in [0.1, 0.15) is 5.69 Å². The third-order valence-electron chi connectivity index (χ3n) is 1.63. The van der Waals surface area contributed by atoms with Gasteiger partial charge in [0.25, 0.3) is 6.43 Å². The Hall–Kier alpha value is -1.18. The highest BCUT2D eigenvalue weighted by atomic mass is 35.5. The van der Waals surface area contributed by atoms with E-state index < -0.39 is 41.6 Å². The Bertz CT molecular complexity index is 408. The topological polar surface area (TPSA) is 22.1 Å². The fourth-order valence-corrected chi connectivity index (χ4v) is 1.18. The Balaban J connectivity index is 3.22. The van der Waals surface area contributed by atoms with Crippen molar-refractivity contribution in [2.75, 3.05) is 0 Å². The summed E-state index contributed by atoms with van der Waals surface area (Å²) in [5, 5.41) is 0. The van der Waals surface area contributed by atoms with E-state index in [9.17, 15) is 26.3 Å². The Morgan fingerprint density at radius 2 is 1.94 bits per heavy atom. The second-order valence-electron chi connectivity index (χ2n) is 2.80. The second-order valence-corrected chi connectivity index (χ2v) is 3.06. The van der Waals surface area contributed by atoms with Crippen LogP contribution in [-0.2, 0) is 5.88 Å². The summed E-state index contributed by atoms with van der Waals surface area (Å²) < 4.78 is 76.5. The molecule has 0 aromatic carbocycles. The van der Waals surface area contributed by atoms with Gasteiger partial charge in [0.15, 0.2) is 5.75 Å². The molecule has 0 N–H and O–H groups in total. The summed E-state index contributed by atoms with van der Waals surface area (Å²) in [7, 11) is 0. The Morgan fingerprint density at radius 1 is 1.35 bits per heavy atom. The van der Waals surface area contributed by atoms with Crippen molar-refractivity contribution in [1.29, 1.82) is 0 Å². The maximum atomic E-state index is 12.9. The van der Waals surface area contributed by atoms with Crippen LogP contribution in [0.1, 0.15) is 17.7 Å². The van der Waals surface area contributed by atoms with Gasteiger partial charge in [-0.25, -0.2) is 13.8 Å². The van der Waals surface area contributed by atoms with Crippen molar-refractivity contribution >= 4 is 11.6 Å². The van der Waals surface area contributed by atoms with Crippen LogP contribution in [0.5, 0.6) is 5.75 Å². The van der Waals surface area contributed by atoms with Crippen LogP contribution in [0.25, 0.3) is 0 Å². The minimum Gasteiger partial charge on any atom is -0.404 e. The van der Waals surface area contributed by atoms with Crippen molar-refractivity contribution in [3.8, 4) is 5.75 Å². The molecule has 0 radical (unpaired) electrons. The molecule has 1 heterocycles. The number of halogens is 7. The summed E-state index contributed by atoms with van der Waals surface area (Å²) in [6.07, 6.45) is -8.40. The van der Waals surface area contributed by atoms with Gasteiger partial charge in [-0.2, -0.15) is 4.39 Å². The lowest BCUT2D eigenvalue weighted by molar-refractivity contribution is -0.275. The van der Waals surface area contributed by atoms with Crippen LogP contribution in [0.15, 0.2) is 6.07 Å². The number of aromatic nitrogens is 1. The van der Waals surface area contributed by atoms with Crippen molar-refractivity contribution in [3.05, 3.63) is 23.3 Å². The molecule has 0 saturated heterocycles. The molecule has 0 spiro atoms. The van der Waals surface area contributed by atoms with E-state index in [4.69, 9.17) is 11.6 Å². The molecule has 0 bridgehead atoms. The molecule has 0 aliphatic rings. The van der Waals surface area contributed by atoms with E-state index in [0.29, 0.717) is 0 Å². The highest BCUT2D eigenvalue weighted by Gasteiger charge is 2.33. The van der Waals surface area contributed by atoms with Gasteiger partial charge in [-0.05, 0) is 6.07 Å². The van der Waals surface area contributed by atoms with E-state index in [2.05, 4.69) is 9.72 Å². The van der Waals surface area contributed by atoms with Gasteiger partial charge in [0.05, 0.1) is 11.4 Å². The summed E-state index contributed by atoms with van der Waals surface area (Å²) in [5.74, 6) is -3.22. The minimum atomic E-state index is -5.10. The molecular weight excluding hydrogens is 276 g/mol. The third kappa shape index (κ3) is 3.65. The number of hydrogen-bond donors (Lipinski definition) is 0. The first-order chi connectivity index (χ1) is 7.74. The van der Waals surface area contributed by atoms with Crippen LogP contribution >= 0.6 is 11.6 Å². The molecule has 1 aromatic rings.